The van der Waals surface area contributed by atoms with E-state index >= 15 is 0 Å². The first-order valence-electron chi connectivity index (χ1n) is 13.7. The number of esters is 1. The number of aliphatic hydroxyl groups excluding tert-OH is 1. The third-order valence-corrected chi connectivity index (χ3v) is 6.85. The summed E-state index contributed by atoms with van der Waals surface area (Å²) in [5.41, 5.74) is 2.42. The Kier molecular flexibility index (Phi) is 16.7. The van der Waals surface area contributed by atoms with E-state index in [2.05, 4.69) is 36.3 Å². The van der Waals surface area contributed by atoms with Gasteiger partial charge in [0.15, 0.2) is 0 Å². The Morgan fingerprint density at radius 2 is 1.92 bits per heavy atom. The number of imidazole rings is 1. The fourth-order valence-electron chi connectivity index (χ4n) is 4.26. The van der Waals surface area contributed by atoms with Crippen LogP contribution in [0.4, 0.5) is 0 Å². The average molecular weight is 589 g/mol. The molecule has 0 spiro atoms. The van der Waals surface area contributed by atoms with Crippen LogP contribution < -0.4 is 10.1 Å². The van der Waals surface area contributed by atoms with Gasteiger partial charge in [-0.15, -0.1) is 24.8 Å². The second kappa shape index (κ2) is 18.5. The van der Waals surface area contributed by atoms with E-state index in [9.17, 15) is 9.90 Å². The molecule has 1 saturated carbocycles. The van der Waals surface area contributed by atoms with Gasteiger partial charge in [0.2, 0.25) is 0 Å². The summed E-state index contributed by atoms with van der Waals surface area (Å²) in [4.78, 5) is 15.5. The molecule has 4 rings (SSSR count). The average Bonchev–Trinajstić information content (AvgIpc) is 3.53. The summed E-state index contributed by atoms with van der Waals surface area (Å²) in [6.45, 7) is 9.27. The SMILES string of the molecule is CC(C)NCC(O)COc1ccc(CCOCC2CC2)cc1.CC[C@@H]1C(=O)OC[C@@H]1Cc1cncn1C.Cl.Cl. The van der Waals surface area contributed by atoms with Gasteiger partial charge in [0.05, 0.1) is 25.5 Å². The molecule has 39 heavy (non-hydrogen) atoms. The molecule has 2 N–H and O–H groups in total. The van der Waals surface area contributed by atoms with E-state index in [0.717, 1.165) is 49.8 Å². The van der Waals surface area contributed by atoms with Gasteiger partial charge in [0.1, 0.15) is 18.5 Å². The van der Waals surface area contributed by atoms with E-state index in [1.807, 2.05) is 36.9 Å². The summed E-state index contributed by atoms with van der Waals surface area (Å²) in [5, 5.41) is 13.0. The van der Waals surface area contributed by atoms with E-state index in [-0.39, 0.29) is 36.7 Å². The molecule has 1 saturated heterocycles. The van der Waals surface area contributed by atoms with Crippen molar-refractivity contribution in [3.63, 3.8) is 0 Å². The van der Waals surface area contributed by atoms with Crippen LogP contribution in [-0.4, -0.2) is 65.7 Å². The highest BCUT2D eigenvalue weighted by Gasteiger charge is 2.35. The maximum Gasteiger partial charge on any atom is 0.309 e. The zero-order valence-electron chi connectivity index (χ0n) is 23.7. The van der Waals surface area contributed by atoms with Gasteiger partial charge in [-0.2, -0.15) is 0 Å². The quantitative estimate of drug-likeness (QED) is 0.250. The molecule has 2 heterocycles. The smallest absolute Gasteiger partial charge is 0.309 e. The Morgan fingerprint density at radius 1 is 1.21 bits per heavy atom. The van der Waals surface area contributed by atoms with Crippen LogP contribution in [0.15, 0.2) is 36.8 Å². The number of halogens is 2. The Balaban J connectivity index is 0.000000394. The number of nitrogens with one attached hydrogen (secondary N) is 1. The number of nitrogens with zero attached hydrogens (tertiary/aromatic N) is 2. The monoisotopic (exact) mass is 587 g/mol. The minimum absolute atomic E-state index is 0. The molecule has 1 aliphatic heterocycles. The van der Waals surface area contributed by atoms with Crippen LogP contribution in [0.1, 0.15) is 51.3 Å². The molecular weight excluding hydrogens is 541 g/mol. The summed E-state index contributed by atoms with van der Waals surface area (Å²) in [6, 6.07) is 8.41. The zero-order valence-corrected chi connectivity index (χ0v) is 25.3. The highest BCUT2D eigenvalue weighted by molar-refractivity contribution is 5.85. The minimum atomic E-state index is -0.488. The molecule has 0 radical (unpaired) electrons. The van der Waals surface area contributed by atoms with E-state index in [1.165, 1.54) is 18.4 Å². The molecule has 1 aromatic carbocycles. The van der Waals surface area contributed by atoms with Crippen LogP contribution in [0.5, 0.6) is 5.75 Å². The van der Waals surface area contributed by atoms with Gasteiger partial charge in [-0.3, -0.25) is 4.79 Å². The molecule has 2 aliphatic rings. The molecule has 3 atom stereocenters. The summed E-state index contributed by atoms with van der Waals surface area (Å²) in [7, 11) is 1.97. The predicted octanol–water partition coefficient (Wildman–Crippen LogP) is 4.40. The molecule has 0 amide bonds. The van der Waals surface area contributed by atoms with E-state index in [1.54, 1.807) is 6.33 Å². The number of benzene rings is 1. The van der Waals surface area contributed by atoms with E-state index in [4.69, 9.17) is 14.2 Å². The van der Waals surface area contributed by atoms with Crippen molar-refractivity contribution in [2.24, 2.45) is 24.8 Å². The Bertz CT molecular complexity index is 937. The number of cyclic esters (lactones) is 1. The summed E-state index contributed by atoms with van der Waals surface area (Å²) >= 11 is 0. The predicted molar refractivity (Wildman–Crippen MR) is 158 cm³/mol. The highest BCUT2D eigenvalue weighted by Crippen LogP contribution is 2.29. The van der Waals surface area contributed by atoms with Gasteiger partial charge in [-0.25, -0.2) is 4.98 Å². The van der Waals surface area contributed by atoms with Gasteiger partial charge < -0.3 is 29.2 Å². The molecule has 1 aliphatic carbocycles. The molecule has 2 fully saturated rings. The third kappa shape index (κ3) is 12.9. The van der Waals surface area contributed by atoms with Crippen LogP contribution in [0.25, 0.3) is 0 Å². The summed E-state index contributed by atoms with van der Waals surface area (Å²) in [6.07, 6.45) is 8.51. The molecule has 222 valence electrons. The van der Waals surface area contributed by atoms with Crippen molar-refractivity contribution >= 4 is 30.8 Å². The van der Waals surface area contributed by atoms with Gasteiger partial charge >= 0.3 is 5.97 Å². The number of hydrogen-bond acceptors (Lipinski definition) is 7. The minimum Gasteiger partial charge on any atom is -0.491 e. The van der Waals surface area contributed by atoms with Crippen LogP contribution in [-0.2, 0) is 34.2 Å². The standard InChI is InChI=1S/C18H29NO3.C11H16N2O2.2ClH/c1-14(2)19-11-17(20)13-22-18-7-5-15(6-8-18)9-10-21-12-16-3-4-16;1-3-10-8(6-15-11(10)14)4-9-5-12-7-13(9)2;;/h5-8,14,16-17,19-20H,3-4,9-13H2,1-2H3;5,7-8,10H,3-4,6H2,1-2H3;2*1H/t;8-,10-;;/m.0../s1. The number of ether oxygens (including phenoxy) is 3. The third-order valence-electron chi connectivity index (χ3n) is 6.85. The number of rotatable bonds is 14. The highest BCUT2D eigenvalue weighted by atomic mass is 35.5. The second-order valence-electron chi connectivity index (χ2n) is 10.5. The van der Waals surface area contributed by atoms with Gasteiger partial charge in [-0.1, -0.05) is 32.9 Å². The first-order chi connectivity index (χ1) is 17.9. The fourth-order valence-corrected chi connectivity index (χ4v) is 4.26. The van der Waals surface area contributed by atoms with E-state index in [0.29, 0.717) is 31.7 Å². The molecular formula is C29H47Cl2N3O5. The first kappa shape index (κ1) is 35.2. The number of carbonyl (C=O) groups is 1. The molecule has 10 heteroatoms. The first-order valence-corrected chi connectivity index (χ1v) is 13.7. The number of aryl methyl sites for hydroxylation is 1. The Labute approximate surface area is 246 Å². The van der Waals surface area contributed by atoms with Crippen molar-refractivity contribution in [2.75, 3.05) is 33.0 Å². The lowest BCUT2D eigenvalue weighted by atomic mass is 9.89. The maximum absolute atomic E-state index is 11.4. The Hall–Kier alpha value is -1.84. The van der Waals surface area contributed by atoms with Crippen LogP contribution in [0.3, 0.4) is 0 Å². The number of carbonyl (C=O) groups excluding carboxylic acids is 1. The van der Waals surface area contributed by atoms with Gasteiger partial charge in [-0.05, 0) is 55.7 Å². The summed E-state index contributed by atoms with van der Waals surface area (Å²) < 4.78 is 18.3. The van der Waals surface area contributed by atoms with Crippen molar-refractivity contribution in [1.82, 2.24) is 14.9 Å². The molecule has 1 aromatic heterocycles. The molecule has 2 aromatic rings. The van der Waals surface area contributed by atoms with Crippen molar-refractivity contribution in [1.29, 1.82) is 0 Å². The molecule has 0 bridgehead atoms. The van der Waals surface area contributed by atoms with Gasteiger partial charge in [0.25, 0.3) is 0 Å². The lowest BCUT2D eigenvalue weighted by molar-refractivity contribution is -0.141. The lowest BCUT2D eigenvalue weighted by Gasteiger charge is -2.15. The Morgan fingerprint density at radius 3 is 2.51 bits per heavy atom. The topological polar surface area (TPSA) is 94.8 Å². The second-order valence-corrected chi connectivity index (χ2v) is 10.5. The largest absolute Gasteiger partial charge is 0.491 e. The fraction of sp³-hybridized carbons (Fsp3) is 0.655. The van der Waals surface area contributed by atoms with Crippen LogP contribution in [0.2, 0.25) is 0 Å². The van der Waals surface area contributed by atoms with Crippen molar-refractivity contribution < 1.29 is 24.1 Å². The maximum atomic E-state index is 11.4. The molecule has 8 nitrogen and oxygen atoms in total. The number of hydrogen-bond donors (Lipinski definition) is 2. The number of aromatic nitrogens is 2. The normalized spacial score (nSPS) is 18.9. The van der Waals surface area contributed by atoms with Crippen molar-refractivity contribution in [2.45, 2.75) is 65.0 Å². The zero-order chi connectivity index (χ0) is 26.6. The lowest BCUT2D eigenvalue weighted by Crippen LogP contribution is -2.35. The summed E-state index contributed by atoms with van der Waals surface area (Å²) in [5.74, 6) is 1.97. The number of aliphatic hydroxyl groups is 1. The van der Waals surface area contributed by atoms with Crippen LogP contribution in [0, 0.1) is 17.8 Å². The van der Waals surface area contributed by atoms with Crippen molar-refractivity contribution in [3.05, 3.63) is 48.0 Å². The van der Waals surface area contributed by atoms with Gasteiger partial charge in [0, 0.05) is 44.0 Å². The van der Waals surface area contributed by atoms with Crippen LogP contribution >= 0.6 is 24.8 Å². The molecule has 1 unspecified atom stereocenters. The van der Waals surface area contributed by atoms with E-state index < -0.39 is 6.10 Å². The van der Waals surface area contributed by atoms with Crippen molar-refractivity contribution in [3.8, 4) is 5.75 Å².